The first-order chi connectivity index (χ1) is 6.19. The molecular formula is C11H27NOSi. The zero-order valence-electron chi connectivity index (χ0n) is 10.9. The summed E-state index contributed by atoms with van der Waals surface area (Å²) in [6.45, 7) is 17.6. The second kappa shape index (κ2) is 5.28. The smallest absolute Gasteiger partial charge is 0.189 e. The highest BCUT2D eigenvalue weighted by Gasteiger charge is 2.38. The maximum Gasteiger partial charge on any atom is 0.189 e. The molecule has 0 atom stereocenters. The molecule has 0 spiro atoms. The Balaban J connectivity index is 4.28. The Bertz CT molecular complexity index is 144. The van der Waals surface area contributed by atoms with Crippen LogP contribution in [0.4, 0.5) is 0 Å². The molecule has 0 amide bonds. The lowest BCUT2D eigenvalue weighted by atomic mass is 10.2. The van der Waals surface area contributed by atoms with Crippen molar-refractivity contribution in [1.82, 2.24) is 5.32 Å². The molecule has 0 bridgehead atoms. The minimum absolute atomic E-state index is 0.327. The number of rotatable bonds is 4. The fourth-order valence-electron chi connectivity index (χ4n) is 2.04. The molecule has 86 valence electrons. The van der Waals surface area contributed by atoms with E-state index in [0.29, 0.717) is 16.8 Å². The molecule has 0 radical (unpaired) electrons. The monoisotopic (exact) mass is 217 g/mol. The van der Waals surface area contributed by atoms with Crippen molar-refractivity contribution in [3.05, 3.63) is 0 Å². The minimum Gasteiger partial charge on any atom is -0.407 e. The second-order valence-corrected chi connectivity index (χ2v) is 10.6. The van der Waals surface area contributed by atoms with Gasteiger partial charge in [0.15, 0.2) is 9.04 Å². The summed E-state index contributed by atoms with van der Waals surface area (Å²) in [4.78, 5) is 0. The van der Waals surface area contributed by atoms with E-state index in [0.717, 1.165) is 6.54 Å². The Morgan fingerprint density at radius 1 is 1.00 bits per heavy atom. The molecule has 1 N–H and O–H groups in total. The van der Waals surface area contributed by atoms with Crippen molar-refractivity contribution in [3.8, 4) is 0 Å². The van der Waals surface area contributed by atoms with Crippen molar-refractivity contribution in [2.75, 3.05) is 13.3 Å². The zero-order valence-corrected chi connectivity index (χ0v) is 12.1. The summed E-state index contributed by atoms with van der Waals surface area (Å²) in [7, 11) is -1.20. The van der Waals surface area contributed by atoms with Gasteiger partial charge in [-0.3, -0.25) is 5.32 Å². The maximum absolute atomic E-state index is 6.04. The van der Waals surface area contributed by atoms with E-state index in [1.54, 1.807) is 0 Å². The minimum atomic E-state index is -1.20. The summed E-state index contributed by atoms with van der Waals surface area (Å²) in [5.74, 6) is 0. The Morgan fingerprint density at radius 2 is 1.43 bits per heavy atom. The molecule has 0 aliphatic heterocycles. The lowest BCUT2D eigenvalue weighted by molar-refractivity contribution is 0.257. The van der Waals surface area contributed by atoms with Crippen molar-refractivity contribution in [3.63, 3.8) is 0 Å². The van der Waals surface area contributed by atoms with E-state index in [1.807, 2.05) is 0 Å². The quantitative estimate of drug-likeness (QED) is 0.444. The normalized spacial score (nSPS) is 13.7. The van der Waals surface area contributed by atoms with E-state index in [2.05, 4.69) is 53.8 Å². The van der Waals surface area contributed by atoms with Crippen molar-refractivity contribution in [2.45, 2.75) is 58.5 Å². The van der Waals surface area contributed by atoms with Crippen LogP contribution in [0.5, 0.6) is 0 Å². The number of hydrogen-bond donors (Lipinski definition) is 1. The van der Waals surface area contributed by atoms with E-state index in [-0.39, 0.29) is 0 Å². The fraction of sp³-hybridized carbons (Fsp3) is 1.00. The molecule has 0 unspecified atom stereocenters. The van der Waals surface area contributed by atoms with Crippen LogP contribution in [0.25, 0.3) is 0 Å². The molecule has 3 heteroatoms. The number of nitrogens with one attached hydrogen (secondary N) is 1. The van der Waals surface area contributed by atoms with E-state index >= 15 is 0 Å². The van der Waals surface area contributed by atoms with Crippen molar-refractivity contribution < 1.29 is 4.43 Å². The molecule has 0 fully saturated rings. The van der Waals surface area contributed by atoms with Crippen molar-refractivity contribution >= 4 is 9.04 Å². The molecule has 0 heterocycles. The highest BCUT2D eigenvalue weighted by Crippen LogP contribution is 2.42. The molecule has 0 saturated heterocycles. The Labute approximate surface area is 91.2 Å². The van der Waals surface area contributed by atoms with Crippen LogP contribution in [-0.4, -0.2) is 22.3 Å². The summed E-state index contributed by atoms with van der Waals surface area (Å²) in [5.41, 5.74) is 0. The van der Waals surface area contributed by atoms with Crippen molar-refractivity contribution in [1.29, 1.82) is 0 Å². The first-order valence-corrected chi connectivity index (χ1v) is 7.14. The van der Waals surface area contributed by atoms with Crippen LogP contribution in [0.3, 0.4) is 0 Å². The largest absolute Gasteiger partial charge is 0.407 e. The zero-order chi connectivity index (χ0) is 11.4. The van der Waals surface area contributed by atoms with Gasteiger partial charge >= 0.3 is 0 Å². The van der Waals surface area contributed by atoms with Crippen LogP contribution < -0.4 is 5.32 Å². The van der Waals surface area contributed by atoms with Crippen LogP contribution in [0.15, 0.2) is 0 Å². The van der Waals surface area contributed by atoms with Crippen LogP contribution >= 0.6 is 0 Å². The van der Waals surface area contributed by atoms with Gasteiger partial charge in [-0.15, -0.1) is 0 Å². The van der Waals surface area contributed by atoms with Gasteiger partial charge in [0.25, 0.3) is 0 Å². The molecule has 0 aromatic heterocycles. The third-order valence-corrected chi connectivity index (χ3v) is 5.82. The molecule has 0 aromatic carbocycles. The number of hydrogen-bond acceptors (Lipinski definition) is 2. The van der Waals surface area contributed by atoms with Gasteiger partial charge in [0.2, 0.25) is 0 Å². The Morgan fingerprint density at radius 3 is 1.71 bits per heavy atom. The van der Waals surface area contributed by atoms with Gasteiger partial charge in [-0.1, -0.05) is 48.5 Å². The summed E-state index contributed by atoms with van der Waals surface area (Å²) in [5, 5.41) is 3.89. The molecule has 0 rings (SSSR count). The van der Waals surface area contributed by atoms with Gasteiger partial charge in [0.1, 0.15) is 0 Å². The molecule has 0 aliphatic carbocycles. The van der Waals surface area contributed by atoms with Gasteiger partial charge in [0.05, 0.1) is 6.73 Å². The average molecular weight is 217 g/mol. The first kappa shape index (κ1) is 14.1. The van der Waals surface area contributed by atoms with Gasteiger partial charge in [-0.2, -0.15) is 0 Å². The summed E-state index contributed by atoms with van der Waals surface area (Å²) in [6, 6.07) is 0. The topological polar surface area (TPSA) is 21.3 Å². The summed E-state index contributed by atoms with van der Waals surface area (Å²) in [6.07, 6.45) is 0. The fourth-order valence-corrected chi connectivity index (χ4v) is 5.93. The molecule has 0 aromatic rings. The Hall–Kier alpha value is 0.137. The standard InChI is InChI=1S/C11H27NOSi/c1-8-12-9-13-14(10(2,3)4)11(5,6)7/h12,14H,8-9H2,1-7H3. The van der Waals surface area contributed by atoms with Gasteiger partial charge < -0.3 is 4.43 Å². The average Bonchev–Trinajstić information content (AvgIpc) is 1.92. The second-order valence-electron chi connectivity index (χ2n) is 6.03. The van der Waals surface area contributed by atoms with Gasteiger partial charge in [0, 0.05) is 0 Å². The summed E-state index contributed by atoms with van der Waals surface area (Å²) < 4.78 is 6.04. The maximum atomic E-state index is 6.04. The van der Waals surface area contributed by atoms with E-state index in [1.165, 1.54) is 0 Å². The van der Waals surface area contributed by atoms with E-state index < -0.39 is 9.04 Å². The predicted octanol–water partition coefficient (Wildman–Crippen LogP) is 2.89. The molecular weight excluding hydrogens is 190 g/mol. The molecule has 0 aliphatic rings. The third-order valence-electron chi connectivity index (χ3n) is 2.18. The molecule has 0 saturated carbocycles. The molecule has 2 nitrogen and oxygen atoms in total. The van der Waals surface area contributed by atoms with Crippen molar-refractivity contribution in [2.24, 2.45) is 0 Å². The SMILES string of the molecule is CCNCO[SiH](C(C)(C)C)C(C)(C)C. The highest BCUT2D eigenvalue weighted by molar-refractivity contribution is 6.58. The van der Waals surface area contributed by atoms with Crippen LogP contribution in [0.1, 0.15) is 48.5 Å². The Kier molecular flexibility index (Phi) is 5.34. The lowest BCUT2D eigenvalue weighted by Crippen LogP contribution is -2.40. The third kappa shape index (κ3) is 5.13. The first-order valence-electron chi connectivity index (χ1n) is 5.52. The lowest BCUT2D eigenvalue weighted by Gasteiger charge is -2.38. The highest BCUT2D eigenvalue weighted by atomic mass is 28.3. The van der Waals surface area contributed by atoms with Crippen LogP contribution in [0, 0.1) is 0 Å². The predicted molar refractivity (Wildman–Crippen MR) is 66.2 cm³/mol. The van der Waals surface area contributed by atoms with Crippen LogP contribution in [-0.2, 0) is 4.43 Å². The van der Waals surface area contributed by atoms with Crippen LogP contribution in [0.2, 0.25) is 10.1 Å². The van der Waals surface area contributed by atoms with Gasteiger partial charge in [-0.25, -0.2) is 0 Å². The summed E-state index contributed by atoms with van der Waals surface area (Å²) >= 11 is 0. The molecule has 14 heavy (non-hydrogen) atoms. The van der Waals surface area contributed by atoms with Gasteiger partial charge in [-0.05, 0) is 16.6 Å². The van der Waals surface area contributed by atoms with E-state index in [4.69, 9.17) is 4.43 Å². The van der Waals surface area contributed by atoms with E-state index in [9.17, 15) is 0 Å².